The lowest BCUT2D eigenvalue weighted by atomic mass is 10.3. The van der Waals surface area contributed by atoms with Crippen molar-refractivity contribution in [3.05, 3.63) is 28.3 Å². The minimum Gasteiger partial charge on any atom is -0.379 e. The number of non-ortho nitro benzene ring substituents is 1. The first-order valence-corrected chi connectivity index (χ1v) is 9.56. The van der Waals surface area contributed by atoms with Gasteiger partial charge in [0.25, 0.3) is 5.69 Å². The van der Waals surface area contributed by atoms with Gasteiger partial charge in [-0.25, -0.2) is 13.2 Å². The van der Waals surface area contributed by atoms with E-state index in [4.69, 9.17) is 16.3 Å². The number of amides is 2. The van der Waals surface area contributed by atoms with Gasteiger partial charge in [-0.1, -0.05) is 0 Å². The molecule has 1 aliphatic heterocycles. The van der Waals surface area contributed by atoms with Gasteiger partial charge in [0, 0.05) is 37.6 Å². The number of nitrogens with zero attached hydrogens (tertiary/aromatic N) is 2. The van der Waals surface area contributed by atoms with Crippen LogP contribution in [0.5, 0.6) is 0 Å². The Morgan fingerprint density at radius 2 is 2.04 bits per heavy atom. The Balaban J connectivity index is 2.30. The van der Waals surface area contributed by atoms with Crippen molar-refractivity contribution in [1.82, 2.24) is 15.0 Å². The van der Waals surface area contributed by atoms with Crippen LogP contribution in [0, 0.1) is 10.1 Å². The molecule has 1 aliphatic rings. The number of halogens is 1. The number of hydrogen-bond acceptors (Lipinski definition) is 7. The van der Waals surface area contributed by atoms with E-state index < -0.39 is 21.0 Å². The topological polar surface area (TPSA) is 143 Å². The number of urea groups is 1. The molecule has 0 unspecified atom stereocenters. The lowest BCUT2D eigenvalue weighted by Gasteiger charge is -2.27. The maximum atomic E-state index is 12.9. The third-order valence-corrected chi connectivity index (χ3v) is 5.58. The molecule has 144 valence electrons. The average molecular weight is 408 g/mol. The average Bonchev–Trinajstić information content (AvgIpc) is 2.65. The lowest BCUT2D eigenvalue weighted by Crippen LogP contribution is -2.42. The van der Waals surface area contributed by atoms with Crippen LogP contribution < -0.4 is 16.2 Å². The number of carbonyl (C=O) groups is 1. The molecular formula is C13H18ClN5O6S. The molecule has 0 aliphatic carbocycles. The van der Waals surface area contributed by atoms with Gasteiger partial charge >= 0.3 is 6.03 Å². The summed E-state index contributed by atoms with van der Waals surface area (Å²) in [5.41, 5.74) is 4.35. The Morgan fingerprint density at radius 1 is 1.35 bits per heavy atom. The fourth-order valence-electron chi connectivity index (χ4n) is 2.20. The minimum atomic E-state index is -4.02. The van der Waals surface area contributed by atoms with Crippen molar-refractivity contribution in [3.8, 4) is 0 Å². The first-order chi connectivity index (χ1) is 12.4. The van der Waals surface area contributed by atoms with Crippen LogP contribution in [0.4, 0.5) is 16.2 Å². The van der Waals surface area contributed by atoms with E-state index in [1.54, 1.807) is 0 Å². The number of carbonyl (C=O) groups excluding carboxylic acids is 1. The molecule has 0 aromatic heterocycles. The van der Waals surface area contributed by atoms with Gasteiger partial charge < -0.3 is 10.1 Å². The van der Waals surface area contributed by atoms with Gasteiger partial charge in [0.15, 0.2) is 0 Å². The maximum absolute atomic E-state index is 12.9. The van der Waals surface area contributed by atoms with E-state index >= 15 is 0 Å². The van der Waals surface area contributed by atoms with Crippen LogP contribution in [0.3, 0.4) is 0 Å². The van der Waals surface area contributed by atoms with Crippen molar-refractivity contribution < 1.29 is 22.9 Å². The van der Waals surface area contributed by atoms with E-state index in [2.05, 4.69) is 16.2 Å². The highest BCUT2D eigenvalue weighted by atomic mass is 35.5. The molecule has 0 spiro atoms. The van der Waals surface area contributed by atoms with E-state index in [-0.39, 0.29) is 55.0 Å². The summed E-state index contributed by atoms with van der Waals surface area (Å²) < 4.78 is 32.0. The number of nitro benzene ring substituents is 1. The van der Waals surface area contributed by atoms with Gasteiger partial charge in [-0.05, 0) is 6.07 Å². The summed E-state index contributed by atoms with van der Waals surface area (Å²) in [6.07, 6.45) is 0. The quantitative estimate of drug-likeness (QED) is 0.339. The van der Waals surface area contributed by atoms with Crippen LogP contribution in [0.1, 0.15) is 0 Å². The molecule has 1 fully saturated rings. The molecule has 2 amide bonds. The van der Waals surface area contributed by atoms with Gasteiger partial charge in [-0.3, -0.25) is 21.0 Å². The third-order valence-electron chi connectivity index (χ3n) is 3.45. The number of anilines is 1. The summed E-state index contributed by atoms with van der Waals surface area (Å²) in [4.78, 5) is 21.6. The fourth-order valence-corrected chi connectivity index (χ4v) is 3.87. The van der Waals surface area contributed by atoms with Crippen LogP contribution in [0.2, 0.25) is 0 Å². The number of sulfonamides is 1. The van der Waals surface area contributed by atoms with Gasteiger partial charge in [0.1, 0.15) is 4.90 Å². The normalized spacial score (nSPS) is 15.3. The highest BCUT2D eigenvalue weighted by Gasteiger charge is 2.30. The number of nitrogens with one attached hydrogen (secondary N) is 3. The number of hydrazine groups is 1. The van der Waals surface area contributed by atoms with Crippen LogP contribution in [-0.4, -0.2) is 62.4 Å². The molecule has 0 saturated carbocycles. The number of rotatable bonds is 7. The Hall–Kier alpha value is -2.15. The van der Waals surface area contributed by atoms with Gasteiger partial charge in [0.05, 0.1) is 23.8 Å². The molecule has 0 atom stereocenters. The van der Waals surface area contributed by atoms with E-state index in [0.29, 0.717) is 0 Å². The Kier molecular flexibility index (Phi) is 6.97. The van der Waals surface area contributed by atoms with Crippen molar-refractivity contribution in [2.45, 2.75) is 4.90 Å². The molecule has 0 radical (unpaired) electrons. The number of morpholine rings is 1. The molecule has 1 heterocycles. The van der Waals surface area contributed by atoms with Crippen molar-refractivity contribution >= 4 is 39.0 Å². The second-order valence-electron chi connectivity index (χ2n) is 5.15. The largest absolute Gasteiger partial charge is 0.379 e. The number of hydrogen-bond donors (Lipinski definition) is 3. The summed E-state index contributed by atoms with van der Waals surface area (Å²) in [6.45, 7) is 0.947. The minimum absolute atomic E-state index is 0.00288. The van der Waals surface area contributed by atoms with Crippen molar-refractivity contribution in [2.24, 2.45) is 0 Å². The first kappa shape index (κ1) is 20.2. The molecule has 26 heavy (non-hydrogen) atoms. The smallest absolute Gasteiger partial charge is 0.333 e. The Labute approximate surface area is 154 Å². The highest BCUT2D eigenvalue weighted by Crippen LogP contribution is 2.29. The highest BCUT2D eigenvalue weighted by molar-refractivity contribution is 7.89. The van der Waals surface area contributed by atoms with E-state index in [0.717, 1.165) is 12.1 Å². The fraction of sp³-hybridized carbons (Fsp3) is 0.462. The zero-order valence-corrected chi connectivity index (χ0v) is 15.2. The maximum Gasteiger partial charge on any atom is 0.333 e. The number of benzene rings is 1. The lowest BCUT2D eigenvalue weighted by molar-refractivity contribution is -0.385. The SMILES string of the molecule is O=C(NCCCl)NNc1ccc([N+](=O)[O-])cc1S(=O)(=O)N1CCOCC1. The molecule has 11 nitrogen and oxygen atoms in total. The summed E-state index contributed by atoms with van der Waals surface area (Å²) in [5, 5.41) is 13.4. The first-order valence-electron chi connectivity index (χ1n) is 7.58. The number of alkyl halides is 1. The molecular weight excluding hydrogens is 390 g/mol. The molecule has 0 bridgehead atoms. The van der Waals surface area contributed by atoms with Crippen molar-refractivity contribution in [2.75, 3.05) is 44.2 Å². The molecule has 1 saturated heterocycles. The molecule has 1 aromatic carbocycles. The van der Waals surface area contributed by atoms with Gasteiger partial charge in [-0.15, -0.1) is 11.6 Å². The van der Waals surface area contributed by atoms with E-state index in [1.807, 2.05) is 0 Å². The van der Waals surface area contributed by atoms with Gasteiger partial charge in [-0.2, -0.15) is 4.31 Å². The Bertz CT molecular complexity index is 768. The van der Waals surface area contributed by atoms with Crippen LogP contribution >= 0.6 is 11.6 Å². The Morgan fingerprint density at radius 3 is 2.65 bits per heavy atom. The zero-order chi connectivity index (χ0) is 19.2. The third kappa shape index (κ3) is 4.94. The number of nitro groups is 1. The summed E-state index contributed by atoms with van der Waals surface area (Å²) >= 11 is 5.46. The standard InChI is InChI=1S/C13H18ClN5O6S/c14-3-4-15-13(20)17-16-11-2-1-10(19(21)22)9-12(11)26(23,24)18-5-7-25-8-6-18/h1-2,9,16H,3-8H2,(H2,15,17,20). The van der Waals surface area contributed by atoms with Crippen molar-refractivity contribution in [1.29, 1.82) is 0 Å². The van der Waals surface area contributed by atoms with Crippen molar-refractivity contribution in [3.63, 3.8) is 0 Å². The molecule has 2 rings (SSSR count). The monoisotopic (exact) mass is 407 g/mol. The van der Waals surface area contributed by atoms with Crippen LogP contribution in [0.15, 0.2) is 23.1 Å². The van der Waals surface area contributed by atoms with Gasteiger partial charge in [0.2, 0.25) is 10.0 Å². The second kappa shape index (κ2) is 8.98. The summed E-state index contributed by atoms with van der Waals surface area (Å²) in [7, 11) is -4.02. The predicted octanol–water partition coefficient (Wildman–Crippen LogP) is 0.481. The molecule has 13 heteroatoms. The van der Waals surface area contributed by atoms with E-state index in [1.165, 1.54) is 10.4 Å². The molecule has 1 aromatic rings. The van der Waals surface area contributed by atoms with Crippen LogP contribution in [-0.2, 0) is 14.8 Å². The summed E-state index contributed by atoms with van der Waals surface area (Å²) in [5.74, 6) is 0.210. The number of ether oxygens (including phenoxy) is 1. The predicted molar refractivity (Wildman–Crippen MR) is 93.6 cm³/mol. The second-order valence-corrected chi connectivity index (χ2v) is 7.43. The zero-order valence-electron chi connectivity index (χ0n) is 13.6. The van der Waals surface area contributed by atoms with E-state index in [9.17, 15) is 23.3 Å². The molecule has 3 N–H and O–H groups in total. The summed E-state index contributed by atoms with van der Waals surface area (Å²) in [6, 6.07) is 2.68. The van der Waals surface area contributed by atoms with Crippen LogP contribution in [0.25, 0.3) is 0 Å².